The first-order valence-corrected chi connectivity index (χ1v) is 7.56. The highest BCUT2D eigenvalue weighted by molar-refractivity contribution is 5.96. The first kappa shape index (κ1) is 15.6. The van der Waals surface area contributed by atoms with Crippen LogP contribution in [0.3, 0.4) is 0 Å². The average molecular weight is 316 g/mol. The van der Waals surface area contributed by atoms with E-state index in [1.54, 1.807) is 6.08 Å². The van der Waals surface area contributed by atoms with Crippen molar-refractivity contribution in [3.05, 3.63) is 83.1 Å². The van der Waals surface area contributed by atoms with Crippen LogP contribution in [0.5, 0.6) is 0 Å². The molecule has 118 valence electrons. The summed E-state index contributed by atoms with van der Waals surface area (Å²) in [6.07, 6.45) is 3.70. The Morgan fingerprint density at radius 2 is 1.79 bits per heavy atom. The summed E-state index contributed by atoms with van der Waals surface area (Å²) in [7, 11) is 1.28. The number of nitriles is 1. The molecule has 1 aliphatic heterocycles. The molecule has 4 nitrogen and oxygen atoms in total. The number of ether oxygens (including phenoxy) is 1. The Balaban J connectivity index is 2.13. The number of fused-ring (bicyclic) bond motifs is 1. The lowest BCUT2D eigenvalue weighted by atomic mass is 10.0. The molecule has 0 saturated carbocycles. The molecular formula is C20H16N2O2. The van der Waals surface area contributed by atoms with Crippen molar-refractivity contribution in [2.75, 3.05) is 12.0 Å². The van der Waals surface area contributed by atoms with Crippen LogP contribution in [0.4, 0.5) is 5.69 Å². The number of hydrogen-bond acceptors (Lipinski definition) is 4. The van der Waals surface area contributed by atoms with Gasteiger partial charge < -0.3 is 9.64 Å². The zero-order valence-electron chi connectivity index (χ0n) is 13.3. The van der Waals surface area contributed by atoms with Crippen LogP contribution < -0.4 is 4.90 Å². The number of carbonyl (C=O) groups is 1. The fourth-order valence-corrected chi connectivity index (χ4v) is 2.73. The van der Waals surface area contributed by atoms with Gasteiger partial charge in [0.15, 0.2) is 5.57 Å². The van der Waals surface area contributed by atoms with Crippen LogP contribution in [-0.2, 0) is 16.1 Å². The number of hydrogen-bond donors (Lipinski definition) is 0. The van der Waals surface area contributed by atoms with Crippen LogP contribution in [0.25, 0.3) is 6.08 Å². The molecule has 0 unspecified atom stereocenters. The van der Waals surface area contributed by atoms with Crippen LogP contribution in [0.15, 0.2) is 71.9 Å². The molecule has 0 fully saturated rings. The highest BCUT2D eigenvalue weighted by atomic mass is 16.5. The summed E-state index contributed by atoms with van der Waals surface area (Å²) in [6, 6.07) is 19.8. The molecule has 1 heterocycles. The predicted octanol–water partition coefficient (Wildman–Crippen LogP) is 3.67. The van der Waals surface area contributed by atoms with Crippen molar-refractivity contribution in [3.63, 3.8) is 0 Å². The zero-order chi connectivity index (χ0) is 16.9. The van der Waals surface area contributed by atoms with Gasteiger partial charge in [-0.25, -0.2) is 4.79 Å². The van der Waals surface area contributed by atoms with Gasteiger partial charge in [0.2, 0.25) is 0 Å². The summed E-state index contributed by atoms with van der Waals surface area (Å²) in [4.78, 5) is 14.0. The maximum Gasteiger partial charge on any atom is 0.350 e. The highest BCUT2D eigenvalue weighted by Gasteiger charge is 2.24. The van der Waals surface area contributed by atoms with Crippen LogP contribution >= 0.6 is 0 Å². The molecule has 1 aliphatic rings. The molecular weight excluding hydrogens is 300 g/mol. The van der Waals surface area contributed by atoms with Gasteiger partial charge in [0.05, 0.1) is 12.8 Å². The van der Waals surface area contributed by atoms with E-state index in [-0.39, 0.29) is 5.57 Å². The molecule has 0 saturated heterocycles. The number of para-hydroxylation sites is 1. The fraction of sp³-hybridized carbons (Fsp3) is 0.100. The van der Waals surface area contributed by atoms with Crippen LogP contribution in [0, 0.1) is 11.3 Å². The van der Waals surface area contributed by atoms with Crippen molar-refractivity contribution in [1.82, 2.24) is 0 Å². The van der Waals surface area contributed by atoms with E-state index < -0.39 is 5.97 Å². The molecule has 0 aliphatic carbocycles. The molecule has 0 bridgehead atoms. The molecule has 0 amide bonds. The largest absolute Gasteiger partial charge is 0.465 e. The number of rotatable bonds is 3. The minimum Gasteiger partial charge on any atom is -0.465 e. The summed E-state index contributed by atoms with van der Waals surface area (Å²) < 4.78 is 4.76. The lowest BCUT2D eigenvalue weighted by Gasteiger charge is -2.31. The molecule has 0 aromatic heterocycles. The first-order chi connectivity index (χ1) is 11.7. The van der Waals surface area contributed by atoms with Gasteiger partial charge in [-0.15, -0.1) is 0 Å². The molecule has 0 atom stereocenters. The number of esters is 1. The second-order valence-electron chi connectivity index (χ2n) is 5.33. The molecule has 2 aromatic carbocycles. The molecule has 0 spiro atoms. The topological polar surface area (TPSA) is 53.3 Å². The van der Waals surface area contributed by atoms with Gasteiger partial charge in [-0.3, -0.25) is 0 Å². The van der Waals surface area contributed by atoms with Gasteiger partial charge in [-0.1, -0.05) is 54.6 Å². The average Bonchev–Trinajstić information content (AvgIpc) is 2.64. The monoisotopic (exact) mass is 316 g/mol. The SMILES string of the molecule is COC(=O)/C(C#N)=C1\C=Cc2ccccc2N1Cc1ccccc1. The van der Waals surface area contributed by atoms with Crippen molar-refractivity contribution in [3.8, 4) is 6.07 Å². The van der Waals surface area contributed by atoms with Crippen LogP contribution in [0.2, 0.25) is 0 Å². The summed E-state index contributed by atoms with van der Waals surface area (Å²) in [6.45, 7) is 0.555. The normalized spacial score (nSPS) is 14.6. The van der Waals surface area contributed by atoms with E-state index in [1.165, 1.54) is 7.11 Å². The van der Waals surface area contributed by atoms with Gasteiger partial charge in [-0.2, -0.15) is 5.26 Å². The van der Waals surface area contributed by atoms with Crippen molar-refractivity contribution in [2.24, 2.45) is 0 Å². The quantitative estimate of drug-likeness (QED) is 0.492. The van der Waals surface area contributed by atoms with E-state index >= 15 is 0 Å². The van der Waals surface area contributed by atoms with E-state index in [2.05, 4.69) is 0 Å². The molecule has 24 heavy (non-hydrogen) atoms. The Bertz CT molecular complexity index is 861. The third-order valence-electron chi connectivity index (χ3n) is 3.88. The summed E-state index contributed by atoms with van der Waals surface area (Å²) in [5.41, 5.74) is 3.63. The van der Waals surface area contributed by atoms with E-state index in [0.717, 1.165) is 16.8 Å². The third-order valence-corrected chi connectivity index (χ3v) is 3.88. The summed E-state index contributed by atoms with van der Waals surface area (Å²) in [5.74, 6) is -0.630. The molecule has 2 aromatic rings. The minimum atomic E-state index is -0.630. The van der Waals surface area contributed by atoms with Gasteiger partial charge in [0.1, 0.15) is 6.07 Å². The number of allylic oxidation sites excluding steroid dienone is 1. The van der Waals surface area contributed by atoms with E-state index in [4.69, 9.17) is 4.74 Å². The Morgan fingerprint density at radius 1 is 1.08 bits per heavy atom. The molecule has 0 radical (unpaired) electrons. The number of anilines is 1. The Labute approximate surface area is 140 Å². The Morgan fingerprint density at radius 3 is 2.50 bits per heavy atom. The number of methoxy groups -OCH3 is 1. The summed E-state index contributed by atoms with van der Waals surface area (Å²) in [5, 5.41) is 9.44. The van der Waals surface area contributed by atoms with Crippen molar-refractivity contribution in [2.45, 2.75) is 6.54 Å². The van der Waals surface area contributed by atoms with Crippen molar-refractivity contribution < 1.29 is 9.53 Å². The van der Waals surface area contributed by atoms with E-state index in [1.807, 2.05) is 71.6 Å². The van der Waals surface area contributed by atoms with Gasteiger partial charge in [0.25, 0.3) is 0 Å². The van der Waals surface area contributed by atoms with Crippen molar-refractivity contribution in [1.29, 1.82) is 5.26 Å². The van der Waals surface area contributed by atoms with Crippen LogP contribution in [-0.4, -0.2) is 13.1 Å². The van der Waals surface area contributed by atoms with Gasteiger partial charge in [-0.05, 0) is 23.3 Å². The summed E-state index contributed by atoms with van der Waals surface area (Å²) >= 11 is 0. The number of nitrogens with zero attached hydrogens (tertiary/aromatic N) is 2. The first-order valence-electron chi connectivity index (χ1n) is 7.56. The third kappa shape index (κ3) is 2.92. The van der Waals surface area contributed by atoms with Crippen LogP contribution in [0.1, 0.15) is 11.1 Å². The van der Waals surface area contributed by atoms with Gasteiger partial charge in [0, 0.05) is 12.2 Å². The smallest absolute Gasteiger partial charge is 0.350 e. The molecule has 4 heteroatoms. The lowest BCUT2D eigenvalue weighted by molar-refractivity contribution is -0.135. The zero-order valence-corrected chi connectivity index (χ0v) is 13.3. The maximum absolute atomic E-state index is 12.0. The fourth-order valence-electron chi connectivity index (χ4n) is 2.73. The second-order valence-corrected chi connectivity index (χ2v) is 5.33. The number of benzene rings is 2. The lowest BCUT2D eigenvalue weighted by Crippen LogP contribution is -2.26. The van der Waals surface area contributed by atoms with E-state index in [9.17, 15) is 10.1 Å². The van der Waals surface area contributed by atoms with Gasteiger partial charge >= 0.3 is 5.97 Å². The Kier molecular flexibility index (Phi) is 4.44. The maximum atomic E-state index is 12.0. The predicted molar refractivity (Wildman–Crippen MR) is 92.8 cm³/mol. The Hall–Kier alpha value is -3.32. The second kappa shape index (κ2) is 6.84. The minimum absolute atomic E-state index is 0.000755. The van der Waals surface area contributed by atoms with E-state index in [0.29, 0.717) is 12.2 Å². The highest BCUT2D eigenvalue weighted by Crippen LogP contribution is 2.33. The molecule has 3 rings (SSSR count). The number of carbonyl (C=O) groups excluding carboxylic acids is 1. The standard InChI is InChI=1S/C20H16N2O2/c1-24-20(23)17(13-21)19-12-11-16-9-5-6-10-18(16)22(19)14-15-7-3-2-4-8-15/h2-12H,14H2,1H3/b19-17+. The van der Waals surface area contributed by atoms with Crippen molar-refractivity contribution >= 4 is 17.7 Å². The molecule has 0 N–H and O–H groups in total.